The van der Waals surface area contributed by atoms with Gasteiger partial charge in [0, 0.05) is 47.7 Å². The summed E-state index contributed by atoms with van der Waals surface area (Å²) in [4.78, 5) is 8.67. The second-order valence-electron chi connectivity index (χ2n) is 6.64. The highest BCUT2D eigenvalue weighted by Crippen LogP contribution is 2.44. The second kappa shape index (κ2) is 7.53. The molecule has 27 heavy (non-hydrogen) atoms. The highest BCUT2D eigenvalue weighted by Gasteiger charge is 2.41. The zero-order valence-electron chi connectivity index (χ0n) is 14.9. The van der Waals surface area contributed by atoms with Gasteiger partial charge in [-0.15, -0.1) is 0 Å². The van der Waals surface area contributed by atoms with E-state index >= 15 is 0 Å². The van der Waals surface area contributed by atoms with E-state index in [1.807, 2.05) is 30.5 Å². The zero-order chi connectivity index (χ0) is 18.8. The van der Waals surface area contributed by atoms with E-state index in [1.54, 1.807) is 19.2 Å². The van der Waals surface area contributed by atoms with Crippen LogP contribution < -0.4 is 10.6 Å². The molecule has 4 nitrogen and oxygen atoms in total. The van der Waals surface area contributed by atoms with E-state index in [0.717, 1.165) is 22.9 Å². The summed E-state index contributed by atoms with van der Waals surface area (Å²) >= 11 is 6.18. The van der Waals surface area contributed by atoms with Crippen LogP contribution in [0.4, 0.5) is 4.39 Å². The van der Waals surface area contributed by atoms with Crippen molar-refractivity contribution in [1.82, 2.24) is 15.6 Å². The predicted molar refractivity (Wildman–Crippen MR) is 108 cm³/mol. The van der Waals surface area contributed by atoms with Crippen molar-refractivity contribution < 1.29 is 4.39 Å². The summed E-state index contributed by atoms with van der Waals surface area (Å²) in [5, 5.41) is 8.29. The van der Waals surface area contributed by atoms with Crippen molar-refractivity contribution in [3.63, 3.8) is 0 Å². The monoisotopic (exact) mass is 382 g/mol. The molecule has 138 valence electrons. The molecule has 1 aliphatic carbocycles. The van der Waals surface area contributed by atoms with Crippen LogP contribution in [0.3, 0.4) is 0 Å². The van der Waals surface area contributed by atoms with Crippen LogP contribution in [0.1, 0.15) is 23.5 Å². The third kappa shape index (κ3) is 3.74. The lowest BCUT2D eigenvalue weighted by Gasteiger charge is -2.13. The van der Waals surface area contributed by atoms with Gasteiger partial charge in [-0.3, -0.25) is 9.98 Å². The number of rotatable bonds is 4. The minimum atomic E-state index is -0.247. The first-order valence-corrected chi connectivity index (χ1v) is 9.29. The number of para-hydroxylation sites is 1. The largest absolute Gasteiger partial charge is 0.353 e. The smallest absolute Gasteiger partial charge is 0.191 e. The van der Waals surface area contributed by atoms with Crippen LogP contribution in [0.15, 0.2) is 59.7 Å². The quantitative estimate of drug-likeness (QED) is 0.524. The number of hydrogen-bond donors (Lipinski definition) is 2. The Balaban J connectivity index is 1.41. The Morgan fingerprint density at radius 2 is 2.07 bits per heavy atom. The number of guanidine groups is 1. The van der Waals surface area contributed by atoms with Crippen LogP contribution in [-0.4, -0.2) is 24.0 Å². The highest BCUT2D eigenvalue weighted by molar-refractivity contribution is 6.31. The molecular formula is C21H20ClFN4. The summed E-state index contributed by atoms with van der Waals surface area (Å²) in [6.07, 6.45) is 2.65. The molecule has 1 saturated carbocycles. The Kier molecular flexibility index (Phi) is 4.94. The Hall–Kier alpha value is -2.66. The molecule has 0 aliphatic heterocycles. The molecule has 0 spiro atoms. The number of aromatic nitrogens is 1. The van der Waals surface area contributed by atoms with Crippen LogP contribution in [0, 0.1) is 5.82 Å². The number of hydrogen-bond acceptors (Lipinski definition) is 2. The molecule has 1 aliphatic rings. The van der Waals surface area contributed by atoms with E-state index in [9.17, 15) is 4.39 Å². The Bertz CT molecular complexity index is 979. The van der Waals surface area contributed by atoms with Crippen molar-refractivity contribution in [3.8, 4) is 0 Å². The van der Waals surface area contributed by atoms with Gasteiger partial charge < -0.3 is 10.6 Å². The Labute approximate surface area is 162 Å². The van der Waals surface area contributed by atoms with Crippen molar-refractivity contribution in [2.75, 3.05) is 7.05 Å². The van der Waals surface area contributed by atoms with Gasteiger partial charge in [0.05, 0.1) is 5.52 Å². The molecule has 2 aromatic carbocycles. The molecular weight excluding hydrogens is 363 g/mol. The lowest BCUT2D eigenvalue weighted by molar-refractivity contribution is 0.608. The van der Waals surface area contributed by atoms with Crippen LogP contribution in [0.25, 0.3) is 10.9 Å². The topological polar surface area (TPSA) is 49.3 Å². The summed E-state index contributed by atoms with van der Waals surface area (Å²) < 4.78 is 14.1. The average molecular weight is 383 g/mol. The molecule has 2 atom stereocenters. The third-order valence-corrected chi connectivity index (χ3v) is 5.22. The van der Waals surface area contributed by atoms with E-state index in [-0.39, 0.29) is 17.8 Å². The number of fused-ring (bicyclic) bond motifs is 1. The van der Waals surface area contributed by atoms with Crippen molar-refractivity contribution in [3.05, 3.63) is 76.7 Å². The predicted octanol–water partition coefficient (Wildman–Crippen LogP) is 4.25. The summed E-state index contributed by atoms with van der Waals surface area (Å²) in [7, 11) is 1.73. The fourth-order valence-corrected chi connectivity index (χ4v) is 3.70. The summed E-state index contributed by atoms with van der Waals surface area (Å²) in [6, 6.07) is 15.0. The molecule has 0 radical (unpaired) electrons. The van der Waals surface area contributed by atoms with Crippen molar-refractivity contribution in [1.29, 1.82) is 0 Å². The average Bonchev–Trinajstić information content (AvgIpc) is 3.43. The fourth-order valence-electron chi connectivity index (χ4n) is 3.40. The van der Waals surface area contributed by atoms with Gasteiger partial charge in [0.15, 0.2) is 5.96 Å². The summed E-state index contributed by atoms with van der Waals surface area (Å²) in [5.41, 5.74) is 2.71. The van der Waals surface area contributed by atoms with E-state index in [4.69, 9.17) is 11.6 Å². The van der Waals surface area contributed by atoms with Crippen molar-refractivity contribution in [2.45, 2.75) is 24.9 Å². The second-order valence-corrected chi connectivity index (χ2v) is 7.05. The lowest BCUT2D eigenvalue weighted by Crippen LogP contribution is -2.38. The van der Waals surface area contributed by atoms with Crippen molar-refractivity contribution in [2.24, 2.45) is 4.99 Å². The maximum Gasteiger partial charge on any atom is 0.191 e. The van der Waals surface area contributed by atoms with Gasteiger partial charge in [-0.1, -0.05) is 35.9 Å². The molecule has 2 N–H and O–H groups in total. The fraction of sp³-hybridized carbons (Fsp3) is 0.238. The van der Waals surface area contributed by atoms with Gasteiger partial charge in [-0.05, 0) is 36.2 Å². The van der Waals surface area contributed by atoms with Gasteiger partial charge in [-0.2, -0.15) is 0 Å². The summed E-state index contributed by atoms with van der Waals surface area (Å²) in [6.45, 7) is 0.626. The van der Waals surface area contributed by atoms with Crippen LogP contribution in [0.5, 0.6) is 0 Å². The molecule has 2 unspecified atom stereocenters. The van der Waals surface area contributed by atoms with E-state index in [2.05, 4.69) is 26.7 Å². The number of nitrogens with one attached hydrogen (secondary N) is 2. The van der Waals surface area contributed by atoms with Crippen LogP contribution >= 0.6 is 11.6 Å². The lowest BCUT2D eigenvalue weighted by atomic mass is 10.1. The Morgan fingerprint density at radius 3 is 2.89 bits per heavy atom. The zero-order valence-corrected chi connectivity index (χ0v) is 15.7. The number of pyridine rings is 1. The maximum absolute atomic E-state index is 14.1. The number of aliphatic imine (C=N–C) groups is 1. The standard InChI is InChI=1S/C21H20ClFN4/c1-24-21(26-12-13-9-10-25-18-8-3-2-5-14(13)18)27-19-11-15(19)20-16(22)6-4-7-17(20)23/h2-10,15,19H,11-12H2,1H3,(H2,24,26,27). The van der Waals surface area contributed by atoms with Crippen LogP contribution in [0.2, 0.25) is 5.02 Å². The number of halogens is 2. The van der Waals surface area contributed by atoms with Gasteiger partial charge >= 0.3 is 0 Å². The first-order chi connectivity index (χ1) is 13.2. The first-order valence-electron chi connectivity index (χ1n) is 8.91. The van der Waals surface area contributed by atoms with Gasteiger partial charge in [-0.25, -0.2) is 4.39 Å². The summed E-state index contributed by atoms with van der Waals surface area (Å²) in [5.74, 6) is 0.512. The molecule has 3 aromatic rings. The molecule has 0 amide bonds. The van der Waals surface area contributed by atoms with Gasteiger partial charge in [0.25, 0.3) is 0 Å². The van der Waals surface area contributed by atoms with E-state index < -0.39 is 0 Å². The SMILES string of the molecule is CN=C(NCc1ccnc2ccccc12)NC1CC1c1c(F)cccc1Cl. The number of benzene rings is 2. The normalized spacial score (nSPS) is 19.1. The first kappa shape index (κ1) is 17.7. The third-order valence-electron chi connectivity index (χ3n) is 4.89. The number of nitrogens with zero attached hydrogens (tertiary/aromatic N) is 2. The van der Waals surface area contributed by atoms with E-state index in [1.165, 1.54) is 6.07 Å². The highest BCUT2D eigenvalue weighted by atomic mass is 35.5. The molecule has 0 saturated heterocycles. The molecule has 0 bridgehead atoms. The molecule has 1 heterocycles. The van der Waals surface area contributed by atoms with Gasteiger partial charge in [0.2, 0.25) is 0 Å². The molecule has 1 fully saturated rings. The Morgan fingerprint density at radius 1 is 1.22 bits per heavy atom. The van der Waals surface area contributed by atoms with E-state index in [0.29, 0.717) is 23.1 Å². The molecule has 1 aromatic heterocycles. The van der Waals surface area contributed by atoms with Crippen LogP contribution in [-0.2, 0) is 6.54 Å². The molecule has 4 rings (SSSR count). The molecule has 6 heteroatoms. The van der Waals surface area contributed by atoms with Crippen molar-refractivity contribution >= 4 is 28.5 Å². The minimum Gasteiger partial charge on any atom is -0.353 e. The van der Waals surface area contributed by atoms with Gasteiger partial charge in [0.1, 0.15) is 5.82 Å². The minimum absolute atomic E-state index is 0.0685. The maximum atomic E-state index is 14.1.